The number of alkyl halides is 6. The van der Waals surface area contributed by atoms with E-state index in [-0.39, 0.29) is 36.9 Å². The molecule has 4 rings (SSSR count). The number of rotatable bonds is 5. The lowest BCUT2D eigenvalue weighted by atomic mass is 9.81. The van der Waals surface area contributed by atoms with E-state index in [1.807, 2.05) is 0 Å². The first-order valence-electron chi connectivity index (χ1n) is 11.4. The van der Waals surface area contributed by atoms with Crippen LogP contribution in [0.2, 0.25) is 0 Å². The van der Waals surface area contributed by atoms with Crippen LogP contribution in [0.5, 0.6) is 0 Å². The first kappa shape index (κ1) is 26.9. The van der Waals surface area contributed by atoms with E-state index in [1.165, 1.54) is 36.1 Å². The van der Waals surface area contributed by atoms with Crippen LogP contribution >= 0.6 is 0 Å². The molecule has 0 aliphatic carbocycles. The summed E-state index contributed by atoms with van der Waals surface area (Å²) in [5, 5.41) is 0. The van der Waals surface area contributed by atoms with Gasteiger partial charge in [0.25, 0.3) is 0 Å². The van der Waals surface area contributed by atoms with E-state index in [4.69, 9.17) is 10.5 Å². The summed E-state index contributed by atoms with van der Waals surface area (Å²) >= 11 is 0. The number of nitrogens with zero attached hydrogens (tertiary/aromatic N) is 1. The Hall–Kier alpha value is -3.15. The van der Waals surface area contributed by atoms with Gasteiger partial charge in [-0.1, -0.05) is 12.1 Å². The molecule has 12 heteroatoms. The van der Waals surface area contributed by atoms with Crippen molar-refractivity contribution in [1.82, 2.24) is 4.90 Å². The Kier molecular flexibility index (Phi) is 7.00. The van der Waals surface area contributed by atoms with Crippen LogP contribution in [0.1, 0.15) is 54.0 Å². The number of amides is 2. The van der Waals surface area contributed by atoms with Crippen LogP contribution in [0.25, 0.3) is 0 Å². The number of primary amides is 1. The molecule has 2 N–H and O–H groups in total. The lowest BCUT2D eigenvalue weighted by Crippen LogP contribution is -2.47. The van der Waals surface area contributed by atoms with E-state index in [2.05, 4.69) is 0 Å². The zero-order valence-electron chi connectivity index (χ0n) is 19.4. The minimum absolute atomic E-state index is 0.00749. The van der Waals surface area contributed by atoms with Crippen LogP contribution < -0.4 is 5.73 Å². The molecule has 5 nitrogen and oxygen atoms in total. The molecule has 5 atom stereocenters. The second-order valence-corrected chi connectivity index (χ2v) is 9.39. The zero-order chi connectivity index (χ0) is 27.3. The average molecular weight is 532 g/mol. The van der Waals surface area contributed by atoms with Crippen LogP contribution in [0.15, 0.2) is 42.5 Å². The van der Waals surface area contributed by atoms with Gasteiger partial charge in [-0.2, -0.15) is 26.3 Å². The molecule has 0 spiro atoms. The highest BCUT2D eigenvalue weighted by Gasteiger charge is 2.50. The van der Waals surface area contributed by atoms with E-state index < -0.39 is 65.3 Å². The topological polar surface area (TPSA) is 72.6 Å². The molecule has 2 heterocycles. The Labute approximate surface area is 207 Å². The molecule has 2 fully saturated rings. The van der Waals surface area contributed by atoms with Crippen LogP contribution in [0, 0.1) is 11.7 Å². The van der Waals surface area contributed by atoms with E-state index in [0.29, 0.717) is 17.7 Å². The minimum Gasteiger partial charge on any atom is -0.369 e. The summed E-state index contributed by atoms with van der Waals surface area (Å²) in [6.45, 7) is 1.31. The highest BCUT2D eigenvalue weighted by molar-refractivity contribution is 5.86. The van der Waals surface area contributed by atoms with Gasteiger partial charge in [0, 0.05) is 30.8 Å². The van der Waals surface area contributed by atoms with Crippen molar-refractivity contribution in [1.29, 1.82) is 0 Å². The van der Waals surface area contributed by atoms with Crippen molar-refractivity contribution in [2.75, 3.05) is 6.54 Å². The maximum absolute atomic E-state index is 13.6. The summed E-state index contributed by atoms with van der Waals surface area (Å²) in [7, 11) is 0. The van der Waals surface area contributed by atoms with Crippen molar-refractivity contribution in [3.8, 4) is 0 Å². The first-order valence-corrected chi connectivity index (χ1v) is 11.4. The highest BCUT2D eigenvalue weighted by atomic mass is 19.4. The minimum atomic E-state index is -5.02. The monoisotopic (exact) mass is 532 g/mol. The fraction of sp³-hybridized carbons (Fsp3) is 0.440. The Morgan fingerprint density at radius 2 is 1.59 bits per heavy atom. The number of nitrogens with two attached hydrogens (primary N) is 1. The van der Waals surface area contributed by atoms with Crippen molar-refractivity contribution in [2.45, 2.75) is 56.3 Å². The third-order valence-corrected chi connectivity index (χ3v) is 6.98. The standard InChI is InChI=1S/C25H23F7N2O3/c1-12(14-6-16(24(27,28)29)10-17(7-14)25(30,31)32)37-20-11-34-19(8-15(23(33)36)9-21(34)35)22(20)13-2-4-18(26)5-3-13/h2-7,10,12,15,19-20,22H,8-9,11H2,1H3,(H2,33,36)/t12-,15?,19?,20+,22?/m1/s1. The quantitative estimate of drug-likeness (QED) is 0.539. The molecule has 0 saturated carbocycles. The molecule has 37 heavy (non-hydrogen) atoms. The van der Waals surface area contributed by atoms with Gasteiger partial charge in [0.2, 0.25) is 11.8 Å². The van der Waals surface area contributed by atoms with Gasteiger partial charge < -0.3 is 15.4 Å². The summed E-state index contributed by atoms with van der Waals surface area (Å²) in [4.78, 5) is 26.1. The molecule has 0 aromatic heterocycles. The second kappa shape index (κ2) is 9.62. The van der Waals surface area contributed by atoms with Gasteiger partial charge in [-0.05, 0) is 54.8 Å². The summed E-state index contributed by atoms with van der Waals surface area (Å²) in [6.07, 6.45) is -12.0. The van der Waals surface area contributed by atoms with Crippen LogP contribution in [-0.4, -0.2) is 35.4 Å². The van der Waals surface area contributed by atoms with E-state index >= 15 is 0 Å². The highest BCUT2D eigenvalue weighted by Crippen LogP contribution is 2.44. The number of benzene rings is 2. The van der Waals surface area contributed by atoms with Crippen LogP contribution in [-0.2, 0) is 26.7 Å². The van der Waals surface area contributed by atoms with Crippen molar-refractivity contribution < 1.29 is 45.1 Å². The number of piperidine rings is 1. The summed E-state index contributed by atoms with van der Waals surface area (Å²) < 4.78 is 99.7. The van der Waals surface area contributed by atoms with Crippen molar-refractivity contribution in [3.63, 3.8) is 0 Å². The van der Waals surface area contributed by atoms with Gasteiger partial charge in [-0.3, -0.25) is 9.59 Å². The number of ether oxygens (including phenoxy) is 1. The fourth-order valence-corrected chi connectivity index (χ4v) is 5.17. The molecular weight excluding hydrogens is 509 g/mol. The van der Waals surface area contributed by atoms with E-state index in [0.717, 1.165) is 0 Å². The Morgan fingerprint density at radius 1 is 1.03 bits per heavy atom. The fourth-order valence-electron chi connectivity index (χ4n) is 5.17. The second-order valence-electron chi connectivity index (χ2n) is 9.39. The lowest BCUT2D eigenvalue weighted by molar-refractivity contribution is -0.143. The van der Waals surface area contributed by atoms with E-state index in [9.17, 15) is 40.3 Å². The van der Waals surface area contributed by atoms with Gasteiger partial charge in [0.05, 0.1) is 23.3 Å². The van der Waals surface area contributed by atoms with Crippen molar-refractivity contribution in [2.24, 2.45) is 11.7 Å². The molecule has 2 aromatic rings. The van der Waals surface area contributed by atoms with Gasteiger partial charge in [-0.25, -0.2) is 4.39 Å². The lowest BCUT2D eigenvalue weighted by Gasteiger charge is -2.35. The summed E-state index contributed by atoms with van der Waals surface area (Å²) in [6, 6.07) is 5.98. The van der Waals surface area contributed by atoms with Gasteiger partial charge >= 0.3 is 12.4 Å². The van der Waals surface area contributed by atoms with E-state index in [1.54, 1.807) is 0 Å². The average Bonchev–Trinajstić information content (AvgIpc) is 3.16. The van der Waals surface area contributed by atoms with Crippen LogP contribution in [0.4, 0.5) is 30.7 Å². The predicted octanol–water partition coefficient (Wildman–Crippen LogP) is 5.20. The predicted molar refractivity (Wildman–Crippen MR) is 116 cm³/mol. The molecule has 2 amide bonds. The molecule has 0 radical (unpaired) electrons. The normalized spacial score (nSPS) is 25.2. The molecular formula is C25H23F7N2O3. The largest absolute Gasteiger partial charge is 0.416 e. The molecule has 2 aromatic carbocycles. The van der Waals surface area contributed by atoms with Gasteiger partial charge in [0.15, 0.2) is 0 Å². The molecule has 2 aliphatic rings. The molecule has 2 aliphatic heterocycles. The Bertz CT molecular complexity index is 1150. The molecule has 2 saturated heterocycles. The number of hydrogen-bond acceptors (Lipinski definition) is 3. The molecule has 3 unspecified atom stereocenters. The van der Waals surface area contributed by atoms with Crippen molar-refractivity contribution >= 4 is 11.8 Å². The first-order chi connectivity index (χ1) is 17.1. The third-order valence-electron chi connectivity index (χ3n) is 6.98. The van der Waals surface area contributed by atoms with Crippen molar-refractivity contribution in [3.05, 3.63) is 70.5 Å². The van der Waals surface area contributed by atoms with Gasteiger partial charge in [0.1, 0.15) is 5.82 Å². The van der Waals surface area contributed by atoms with Gasteiger partial charge in [-0.15, -0.1) is 0 Å². The van der Waals surface area contributed by atoms with Crippen LogP contribution in [0.3, 0.4) is 0 Å². The smallest absolute Gasteiger partial charge is 0.369 e. The summed E-state index contributed by atoms with van der Waals surface area (Å²) in [5.41, 5.74) is 2.70. The number of fused-ring (bicyclic) bond motifs is 1. The Morgan fingerprint density at radius 3 is 2.11 bits per heavy atom. The molecule has 200 valence electrons. The number of carbonyl (C=O) groups is 2. The maximum atomic E-state index is 13.6. The Balaban J connectivity index is 1.70. The number of hydrogen-bond donors (Lipinski definition) is 1. The SMILES string of the molecule is C[C@@H](O[C@H]1CN2C(=O)CC(C(N)=O)CC2C1c1ccc(F)cc1)c1cc(C(F)(F)F)cc(C(F)(F)F)c1. The molecule has 0 bridgehead atoms. The number of carbonyl (C=O) groups excluding carboxylic acids is 2. The third kappa shape index (κ3) is 5.58. The number of halogens is 7. The maximum Gasteiger partial charge on any atom is 0.416 e. The summed E-state index contributed by atoms with van der Waals surface area (Å²) in [5.74, 6) is -2.92. The zero-order valence-corrected chi connectivity index (χ0v) is 19.4.